The zero-order valence-corrected chi connectivity index (χ0v) is 8.41. The Hall–Kier alpha value is -0.610. The van der Waals surface area contributed by atoms with Crippen molar-refractivity contribution in [3.63, 3.8) is 0 Å². The summed E-state index contributed by atoms with van der Waals surface area (Å²) in [5, 5.41) is 9.61. The molecule has 1 unspecified atom stereocenters. The number of amides is 1. The molecule has 1 fully saturated rings. The van der Waals surface area contributed by atoms with Crippen LogP contribution in [-0.4, -0.2) is 47.8 Å². The fourth-order valence-corrected chi connectivity index (χ4v) is 1.72. The molecule has 1 N–H and O–H groups in total. The molecule has 0 radical (unpaired) electrons. The number of rotatable bonds is 2. The Balaban J connectivity index is 2.66. The molecule has 1 amide bonds. The highest BCUT2D eigenvalue weighted by Crippen LogP contribution is 2.28. The standard InChI is InChI=1S/C9H17NO3/c1-9(2)7(11)4-5-10(9)8(12)6-13-3/h7,11H,4-6H2,1-3H3. The van der Waals surface area contributed by atoms with Gasteiger partial charge in [-0.15, -0.1) is 0 Å². The minimum atomic E-state index is -0.449. The van der Waals surface area contributed by atoms with E-state index < -0.39 is 11.6 Å². The molecule has 0 bridgehead atoms. The van der Waals surface area contributed by atoms with Gasteiger partial charge < -0.3 is 14.7 Å². The normalized spacial score (nSPS) is 26.5. The second-order valence-corrected chi connectivity index (χ2v) is 3.94. The lowest BCUT2D eigenvalue weighted by molar-refractivity contribution is -0.140. The first-order valence-corrected chi connectivity index (χ1v) is 4.47. The topological polar surface area (TPSA) is 49.8 Å². The van der Waals surface area contributed by atoms with Crippen LogP contribution in [-0.2, 0) is 9.53 Å². The van der Waals surface area contributed by atoms with Gasteiger partial charge in [0.25, 0.3) is 0 Å². The number of carbonyl (C=O) groups excluding carboxylic acids is 1. The number of ether oxygens (including phenoxy) is 1. The summed E-state index contributed by atoms with van der Waals surface area (Å²) in [4.78, 5) is 13.2. The number of carbonyl (C=O) groups is 1. The van der Waals surface area contributed by atoms with Crippen LogP contribution >= 0.6 is 0 Å². The van der Waals surface area contributed by atoms with Crippen LogP contribution in [0, 0.1) is 0 Å². The summed E-state index contributed by atoms with van der Waals surface area (Å²) in [6.07, 6.45) is 0.232. The summed E-state index contributed by atoms with van der Waals surface area (Å²) < 4.78 is 4.77. The van der Waals surface area contributed by atoms with Gasteiger partial charge in [-0.25, -0.2) is 0 Å². The minimum absolute atomic E-state index is 0.0518. The molecular weight excluding hydrogens is 170 g/mol. The van der Waals surface area contributed by atoms with Crippen LogP contribution in [0.1, 0.15) is 20.3 Å². The molecule has 1 atom stereocenters. The Morgan fingerprint density at radius 2 is 2.31 bits per heavy atom. The van der Waals surface area contributed by atoms with Crippen LogP contribution in [0.2, 0.25) is 0 Å². The summed E-state index contributed by atoms with van der Waals surface area (Å²) in [5.41, 5.74) is -0.449. The molecule has 76 valence electrons. The van der Waals surface area contributed by atoms with Crippen LogP contribution in [0.5, 0.6) is 0 Å². The molecule has 13 heavy (non-hydrogen) atoms. The zero-order valence-electron chi connectivity index (χ0n) is 8.41. The van der Waals surface area contributed by atoms with Gasteiger partial charge in [-0.1, -0.05) is 0 Å². The number of nitrogens with zero attached hydrogens (tertiary/aromatic N) is 1. The van der Waals surface area contributed by atoms with E-state index in [1.165, 1.54) is 7.11 Å². The van der Waals surface area contributed by atoms with Crippen molar-refractivity contribution in [2.75, 3.05) is 20.3 Å². The third kappa shape index (κ3) is 1.84. The van der Waals surface area contributed by atoms with Gasteiger partial charge in [0.1, 0.15) is 6.61 Å². The van der Waals surface area contributed by atoms with E-state index in [1.54, 1.807) is 4.90 Å². The predicted molar refractivity (Wildman–Crippen MR) is 48.3 cm³/mol. The molecule has 0 aromatic heterocycles. The lowest BCUT2D eigenvalue weighted by Gasteiger charge is -2.33. The smallest absolute Gasteiger partial charge is 0.249 e. The average molecular weight is 187 g/mol. The van der Waals surface area contributed by atoms with Gasteiger partial charge in [-0.2, -0.15) is 0 Å². The van der Waals surface area contributed by atoms with Gasteiger partial charge in [-0.05, 0) is 20.3 Å². The zero-order chi connectivity index (χ0) is 10.1. The lowest BCUT2D eigenvalue weighted by atomic mass is 9.99. The van der Waals surface area contributed by atoms with E-state index in [4.69, 9.17) is 4.74 Å². The van der Waals surface area contributed by atoms with Crippen LogP contribution in [0.3, 0.4) is 0 Å². The van der Waals surface area contributed by atoms with Gasteiger partial charge in [0.2, 0.25) is 5.91 Å². The summed E-state index contributed by atoms with van der Waals surface area (Å²) in [5.74, 6) is -0.0518. The Labute approximate surface area is 78.5 Å². The van der Waals surface area contributed by atoms with Crippen molar-refractivity contribution in [3.8, 4) is 0 Å². The number of aliphatic hydroxyl groups is 1. The van der Waals surface area contributed by atoms with E-state index >= 15 is 0 Å². The first kappa shape index (κ1) is 10.5. The lowest BCUT2D eigenvalue weighted by Crippen LogP contribution is -2.49. The largest absolute Gasteiger partial charge is 0.391 e. The molecule has 0 saturated carbocycles. The predicted octanol–water partition coefficient (Wildman–Crippen LogP) is 0.00460. The summed E-state index contributed by atoms with van der Waals surface area (Å²) >= 11 is 0. The molecule has 0 aliphatic carbocycles. The quantitative estimate of drug-likeness (QED) is 0.662. The Kier molecular flexibility index (Phi) is 2.93. The first-order chi connectivity index (χ1) is 6.00. The molecule has 1 aliphatic heterocycles. The van der Waals surface area contributed by atoms with E-state index in [2.05, 4.69) is 0 Å². The van der Waals surface area contributed by atoms with Crippen LogP contribution < -0.4 is 0 Å². The van der Waals surface area contributed by atoms with Gasteiger partial charge in [0.15, 0.2) is 0 Å². The third-order valence-corrected chi connectivity index (χ3v) is 2.71. The fraction of sp³-hybridized carbons (Fsp3) is 0.889. The maximum Gasteiger partial charge on any atom is 0.249 e. The maximum atomic E-state index is 11.5. The molecule has 4 heteroatoms. The van der Waals surface area contributed by atoms with E-state index in [-0.39, 0.29) is 12.5 Å². The highest BCUT2D eigenvalue weighted by molar-refractivity contribution is 5.78. The van der Waals surface area contributed by atoms with Crippen LogP contribution in [0.4, 0.5) is 0 Å². The van der Waals surface area contributed by atoms with Crippen molar-refractivity contribution >= 4 is 5.91 Å². The van der Waals surface area contributed by atoms with Gasteiger partial charge in [-0.3, -0.25) is 4.79 Å². The van der Waals surface area contributed by atoms with Crippen molar-refractivity contribution in [1.82, 2.24) is 4.90 Å². The van der Waals surface area contributed by atoms with E-state index in [1.807, 2.05) is 13.8 Å². The monoisotopic (exact) mass is 187 g/mol. The Bertz CT molecular complexity index is 203. The summed E-state index contributed by atoms with van der Waals surface area (Å²) in [7, 11) is 1.50. The second-order valence-electron chi connectivity index (χ2n) is 3.94. The molecule has 1 saturated heterocycles. The van der Waals surface area contributed by atoms with E-state index in [0.717, 1.165) is 0 Å². The van der Waals surface area contributed by atoms with Gasteiger partial charge in [0, 0.05) is 13.7 Å². The molecule has 1 heterocycles. The van der Waals surface area contributed by atoms with E-state index in [0.29, 0.717) is 13.0 Å². The van der Waals surface area contributed by atoms with Crippen LogP contribution in [0.25, 0.3) is 0 Å². The molecular formula is C9H17NO3. The maximum absolute atomic E-state index is 11.5. The number of likely N-dealkylation sites (tertiary alicyclic amines) is 1. The Morgan fingerprint density at radius 1 is 1.69 bits per heavy atom. The number of methoxy groups -OCH3 is 1. The highest BCUT2D eigenvalue weighted by Gasteiger charge is 2.42. The number of aliphatic hydroxyl groups excluding tert-OH is 1. The van der Waals surface area contributed by atoms with Crippen molar-refractivity contribution in [2.24, 2.45) is 0 Å². The van der Waals surface area contributed by atoms with Gasteiger partial charge in [0.05, 0.1) is 11.6 Å². The van der Waals surface area contributed by atoms with Crippen molar-refractivity contribution < 1.29 is 14.6 Å². The molecule has 4 nitrogen and oxygen atoms in total. The molecule has 0 aromatic rings. The summed E-state index contributed by atoms with van der Waals surface area (Å²) in [6.45, 7) is 4.46. The van der Waals surface area contributed by atoms with Crippen LogP contribution in [0.15, 0.2) is 0 Å². The average Bonchev–Trinajstić information content (AvgIpc) is 2.28. The Morgan fingerprint density at radius 3 is 2.69 bits per heavy atom. The van der Waals surface area contributed by atoms with E-state index in [9.17, 15) is 9.90 Å². The fourth-order valence-electron chi connectivity index (χ4n) is 1.72. The SMILES string of the molecule is COCC(=O)N1CCC(O)C1(C)C. The molecule has 0 aromatic carbocycles. The van der Waals surface area contributed by atoms with Crippen molar-refractivity contribution in [2.45, 2.75) is 31.9 Å². The number of hydrogen-bond acceptors (Lipinski definition) is 3. The first-order valence-electron chi connectivity index (χ1n) is 4.47. The van der Waals surface area contributed by atoms with Crippen molar-refractivity contribution in [3.05, 3.63) is 0 Å². The van der Waals surface area contributed by atoms with Crippen molar-refractivity contribution in [1.29, 1.82) is 0 Å². The number of hydrogen-bond donors (Lipinski definition) is 1. The third-order valence-electron chi connectivity index (χ3n) is 2.71. The summed E-state index contributed by atoms with van der Waals surface area (Å²) in [6, 6.07) is 0. The molecule has 0 spiro atoms. The second kappa shape index (κ2) is 3.64. The van der Waals surface area contributed by atoms with Gasteiger partial charge >= 0.3 is 0 Å². The molecule has 1 rings (SSSR count). The minimum Gasteiger partial charge on any atom is -0.391 e. The molecule has 1 aliphatic rings. The highest BCUT2D eigenvalue weighted by atomic mass is 16.5.